The summed E-state index contributed by atoms with van der Waals surface area (Å²) in [5.74, 6) is -2.62. The number of benzene rings is 1. The molecule has 0 spiro atoms. The number of nitrogens with zero attached hydrogens (tertiary/aromatic N) is 4. The molecule has 1 saturated carbocycles. The molecule has 1 fully saturated rings. The van der Waals surface area contributed by atoms with E-state index in [1.165, 1.54) is 23.6 Å². The summed E-state index contributed by atoms with van der Waals surface area (Å²) in [7, 11) is 2.96. The molecule has 0 atom stereocenters. The molecule has 0 saturated heterocycles. The molecule has 2 aliphatic heterocycles. The van der Waals surface area contributed by atoms with E-state index < -0.39 is 40.3 Å². The van der Waals surface area contributed by atoms with Gasteiger partial charge in [0.25, 0.3) is 11.5 Å². The minimum absolute atomic E-state index is 0.148. The summed E-state index contributed by atoms with van der Waals surface area (Å²) >= 11 is 0. The molecule has 3 amide bonds. The van der Waals surface area contributed by atoms with Gasteiger partial charge in [-0.2, -0.15) is 0 Å². The molecule has 11 heteroatoms. The van der Waals surface area contributed by atoms with E-state index in [-0.39, 0.29) is 18.3 Å². The van der Waals surface area contributed by atoms with Gasteiger partial charge in [-0.1, -0.05) is 12.1 Å². The zero-order valence-electron chi connectivity index (χ0n) is 21.3. The molecule has 38 heavy (non-hydrogen) atoms. The maximum atomic E-state index is 13.2. The number of aromatic nitrogens is 3. The van der Waals surface area contributed by atoms with Crippen LogP contribution in [-0.4, -0.2) is 55.9 Å². The lowest BCUT2D eigenvalue weighted by Gasteiger charge is -2.37. The number of nitrogens with one attached hydrogen (secondary N) is 2. The molecule has 0 unspecified atom stereocenters. The molecule has 2 aromatic heterocycles. The number of carbonyl (C=O) groups is 3. The highest BCUT2D eigenvalue weighted by Gasteiger charge is 2.46. The van der Waals surface area contributed by atoms with Crippen molar-refractivity contribution in [3.05, 3.63) is 76.2 Å². The molecule has 3 N–H and O–H groups in total. The van der Waals surface area contributed by atoms with Gasteiger partial charge in [-0.25, -0.2) is 4.98 Å². The zero-order chi connectivity index (χ0) is 27.0. The average Bonchev–Trinajstić information content (AvgIpc) is 3.36. The molecule has 1 aromatic carbocycles. The van der Waals surface area contributed by atoms with Crippen molar-refractivity contribution in [1.29, 1.82) is 0 Å². The third kappa shape index (κ3) is 4.55. The van der Waals surface area contributed by atoms with Crippen LogP contribution in [0.3, 0.4) is 0 Å². The fraction of sp³-hybridized carbons (Fsp3) is 0.370. The summed E-state index contributed by atoms with van der Waals surface area (Å²) < 4.78 is 3.29. The number of hydrogen-bond donors (Lipinski definition) is 3. The van der Waals surface area contributed by atoms with Gasteiger partial charge in [0, 0.05) is 45.3 Å². The second kappa shape index (κ2) is 9.81. The van der Waals surface area contributed by atoms with Crippen LogP contribution in [0.2, 0.25) is 0 Å². The van der Waals surface area contributed by atoms with E-state index >= 15 is 0 Å². The fourth-order valence-electron chi connectivity index (χ4n) is 5.33. The number of likely N-dealkylation sites (N-methyl/N-ethyl adjacent to an activating group) is 1. The van der Waals surface area contributed by atoms with Crippen molar-refractivity contribution in [3.8, 4) is 11.4 Å². The van der Waals surface area contributed by atoms with Gasteiger partial charge in [-0.3, -0.25) is 23.7 Å². The number of hydrogen-bond acceptors (Lipinski definition) is 6. The van der Waals surface area contributed by atoms with Crippen LogP contribution in [0.1, 0.15) is 47.6 Å². The van der Waals surface area contributed by atoms with Gasteiger partial charge in [-0.05, 0) is 61.4 Å². The van der Waals surface area contributed by atoms with Gasteiger partial charge in [-0.15, -0.1) is 0 Å². The van der Waals surface area contributed by atoms with E-state index in [2.05, 4.69) is 15.6 Å². The topological polar surface area (TPSA) is 139 Å². The smallest absolute Gasteiger partial charge is 0.311 e. The Bertz CT molecular complexity index is 1450. The van der Waals surface area contributed by atoms with Crippen molar-refractivity contribution in [2.24, 2.45) is 5.92 Å². The van der Waals surface area contributed by atoms with Crippen LogP contribution in [0, 0.1) is 5.92 Å². The highest BCUT2D eigenvalue weighted by atomic mass is 16.3. The van der Waals surface area contributed by atoms with Crippen LogP contribution in [0.4, 0.5) is 0 Å². The first kappa shape index (κ1) is 25.2. The molecular weight excluding hydrogens is 488 g/mol. The fourth-order valence-corrected chi connectivity index (χ4v) is 5.33. The molecule has 1 aliphatic carbocycles. The third-order valence-corrected chi connectivity index (χ3v) is 7.41. The van der Waals surface area contributed by atoms with Gasteiger partial charge >= 0.3 is 11.8 Å². The molecule has 3 aromatic rings. The van der Waals surface area contributed by atoms with Gasteiger partial charge in [0.1, 0.15) is 5.82 Å². The van der Waals surface area contributed by atoms with Gasteiger partial charge in [0.2, 0.25) is 5.75 Å². The first-order valence-corrected chi connectivity index (χ1v) is 12.6. The Hall–Kier alpha value is -4.41. The second-order valence-corrected chi connectivity index (χ2v) is 10.2. The summed E-state index contributed by atoms with van der Waals surface area (Å²) in [6, 6.07) is 11.4. The number of aromatic hydroxyl groups is 1. The van der Waals surface area contributed by atoms with Crippen molar-refractivity contribution in [2.45, 2.75) is 44.3 Å². The Kier molecular flexibility index (Phi) is 6.52. The predicted molar refractivity (Wildman–Crippen MR) is 138 cm³/mol. The lowest BCUT2D eigenvalue weighted by molar-refractivity contribution is -0.145. The number of fused-ring (bicyclic) bond motifs is 2. The summed E-state index contributed by atoms with van der Waals surface area (Å²) in [5, 5.41) is 16.3. The van der Waals surface area contributed by atoms with Gasteiger partial charge in [0.05, 0.1) is 5.54 Å². The van der Waals surface area contributed by atoms with Crippen LogP contribution in [-0.2, 0) is 28.2 Å². The van der Waals surface area contributed by atoms with E-state index in [0.29, 0.717) is 32.2 Å². The maximum Gasteiger partial charge on any atom is 0.311 e. The Morgan fingerprint density at radius 3 is 2.53 bits per heavy atom. The molecule has 2 bridgehead atoms. The Morgan fingerprint density at radius 2 is 1.84 bits per heavy atom. The van der Waals surface area contributed by atoms with E-state index in [4.69, 9.17) is 0 Å². The zero-order valence-corrected chi connectivity index (χ0v) is 21.3. The summed E-state index contributed by atoms with van der Waals surface area (Å²) in [4.78, 5) is 57.1. The van der Waals surface area contributed by atoms with Crippen LogP contribution in [0.25, 0.3) is 5.69 Å². The Balaban J connectivity index is 1.45. The molecule has 0 radical (unpaired) electrons. The maximum absolute atomic E-state index is 13.2. The summed E-state index contributed by atoms with van der Waals surface area (Å²) in [6.45, 7) is 0.469. The van der Waals surface area contributed by atoms with Crippen LogP contribution in [0.5, 0.6) is 5.75 Å². The lowest BCUT2D eigenvalue weighted by atomic mass is 9.77. The third-order valence-electron chi connectivity index (χ3n) is 7.41. The first-order chi connectivity index (χ1) is 18.2. The minimum Gasteiger partial charge on any atom is -0.501 e. The number of amides is 3. The van der Waals surface area contributed by atoms with Gasteiger partial charge in [0.15, 0.2) is 5.69 Å². The monoisotopic (exact) mass is 518 g/mol. The number of rotatable bonds is 5. The predicted octanol–water partition coefficient (Wildman–Crippen LogP) is 1.27. The standard InChI is InChI=1S/C27H30N6O5/c1-31(2)25(38)23(36)30-27-10-8-17(9-11-27)16-33-24(37)21(34)20(29-26(27)33)22(35)28-15-18-6-5-7-19(14-18)32-12-3-4-13-32/h3-7,12-14,17,34H,8-11,15-16H2,1-2H3,(H,28,35)(H,30,36). The molecule has 11 nitrogen and oxygen atoms in total. The van der Waals surface area contributed by atoms with E-state index in [1.807, 2.05) is 53.4 Å². The van der Waals surface area contributed by atoms with Crippen molar-refractivity contribution in [2.75, 3.05) is 14.1 Å². The van der Waals surface area contributed by atoms with Crippen molar-refractivity contribution < 1.29 is 19.5 Å². The van der Waals surface area contributed by atoms with Crippen LogP contribution >= 0.6 is 0 Å². The molecule has 4 heterocycles. The van der Waals surface area contributed by atoms with E-state index in [9.17, 15) is 24.3 Å². The van der Waals surface area contributed by atoms with Crippen LogP contribution in [0.15, 0.2) is 53.6 Å². The summed E-state index contributed by atoms with van der Waals surface area (Å²) in [5.41, 5.74) is -0.489. The highest BCUT2D eigenvalue weighted by Crippen LogP contribution is 2.42. The van der Waals surface area contributed by atoms with Crippen molar-refractivity contribution in [3.63, 3.8) is 0 Å². The molecule has 6 rings (SSSR count). The minimum atomic E-state index is -1.09. The van der Waals surface area contributed by atoms with E-state index in [1.54, 1.807) is 0 Å². The van der Waals surface area contributed by atoms with Crippen LogP contribution < -0.4 is 16.2 Å². The Labute approximate surface area is 219 Å². The quantitative estimate of drug-likeness (QED) is 0.435. The lowest BCUT2D eigenvalue weighted by Crippen LogP contribution is -2.53. The SMILES string of the molecule is CN(C)C(=O)C(=O)NC12CCC(CC1)Cn1c2nc(C(=O)NCc2cccc(-n3cccc3)c2)c(O)c1=O. The molecule has 3 aliphatic rings. The van der Waals surface area contributed by atoms with Crippen molar-refractivity contribution >= 4 is 17.7 Å². The normalized spacial score (nSPS) is 19.8. The van der Waals surface area contributed by atoms with E-state index in [0.717, 1.165) is 11.3 Å². The molecular formula is C27H30N6O5. The highest BCUT2D eigenvalue weighted by molar-refractivity contribution is 6.35. The van der Waals surface area contributed by atoms with Gasteiger partial charge < -0.3 is 25.2 Å². The first-order valence-electron chi connectivity index (χ1n) is 12.6. The summed E-state index contributed by atoms with van der Waals surface area (Å²) in [6.07, 6.45) is 6.18. The Morgan fingerprint density at radius 1 is 1.13 bits per heavy atom. The number of carbonyl (C=O) groups excluding carboxylic acids is 3. The van der Waals surface area contributed by atoms with Crippen molar-refractivity contribution in [1.82, 2.24) is 29.7 Å². The largest absolute Gasteiger partial charge is 0.501 e. The molecule has 198 valence electrons. The average molecular weight is 519 g/mol. The second-order valence-electron chi connectivity index (χ2n) is 10.2.